The molecule has 1 atom stereocenters. The van der Waals surface area contributed by atoms with Crippen molar-refractivity contribution in [2.45, 2.75) is 11.5 Å². The fraction of sp³-hybridized carbons (Fsp3) is 0.286. The lowest BCUT2D eigenvalue weighted by Crippen LogP contribution is -2.20. The average molecular weight is 193 g/mol. The summed E-state index contributed by atoms with van der Waals surface area (Å²) in [6, 6.07) is 0. The van der Waals surface area contributed by atoms with Crippen LogP contribution >= 0.6 is 23.2 Å². The summed E-state index contributed by atoms with van der Waals surface area (Å²) < 4.78 is 0. The van der Waals surface area contributed by atoms with Gasteiger partial charge in [0, 0.05) is 17.0 Å². The van der Waals surface area contributed by atoms with Crippen LogP contribution in [-0.4, -0.2) is 16.5 Å². The molecule has 1 unspecified atom stereocenters. The maximum atomic E-state index is 10.3. The van der Waals surface area contributed by atoms with Crippen LogP contribution in [0, 0.1) is 0 Å². The molecule has 0 amide bonds. The van der Waals surface area contributed by atoms with E-state index in [1.54, 1.807) is 0 Å². The summed E-state index contributed by atoms with van der Waals surface area (Å²) in [4.78, 5) is 10.3. The number of carbonyl (C=O) groups is 1. The highest BCUT2D eigenvalue weighted by Gasteiger charge is 2.25. The smallest absolute Gasteiger partial charge is 0.162 e. The summed E-state index contributed by atoms with van der Waals surface area (Å²) >= 11 is 11.1. The Bertz CT molecular complexity index is 241. The van der Waals surface area contributed by atoms with Crippen molar-refractivity contribution < 1.29 is 9.90 Å². The Balaban J connectivity index is 2.91. The summed E-state index contributed by atoms with van der Waals surface area (Å²) in [5.41, 5.74) is 0.372. The first-order valence-corrected chi connectivity index (χ1v) is 3.75. The fourth-order valence-electron chi connectivity index (χ4n) is 0.790. The molecule has 0 heterocycles. The second-order valence-corrected chi connectivity index (χ2v) is 3.42. The quantitative estimate of drug-likeness (QED) is 0.506. The van der Waals surface area contributed by atoms with Gasteiger partial charge in [0.15, 0.2) is 11.3 Å². The van der Waals surface area contributed by atoms with Gasteiger partial charge in [0.05, 0.1) is 0 Å². The summed E-state index contributed by atoms with van der Waals surface area (Å²) in [5.74, 6) is 0. The molecule has 0 fully saturated rings. The minimum Gasteiger partial charge on any atom is -0.371 e. The van der Waals surface area contributed by atoms with E-state index in [0.717, 1.165) is 0 Å². The Morgan fingerprint density at radius 1 is 1.73 bits per heavy atom. The molecule has 0 saturated carbocycles. The molecule has 0 aromatic heterocycles. The minimum absolute atomic E-state index is 0.0840. The highest BCUT2D eigenvalue weighted by atomic mass is 35.5. The third-order valence-corrected chi connectivity index (χ3v) is 1.97. The number of carbonyl (C=O) groups excluding carboxylic acids is 1. The first-order chi connectivity index (χ1) is 5.05. The highest BCUT2D eigenvalue weighted by Crippen LogP contribution is 2.31. The SMILES string of the molecule is O=CC1=C(Cl)CC(O)(Cl)C=C1. The van der Waals surface area contributed by atoms with Crippen LogP contribution in [0.5, 0.6) is 0 Å². The third kappa shape index (κ3) is 2.06. The third-order valence-electron chi connectivity index (χ3n) is 1.36. The molecule has 0 aromatic carbocycles. The van der Waals surface area contributed by atoms with E-state index in [2.05, 4.69) is 0 Å². The lowest BCUT2D eigenvalue weighted by atomic mass is 10.1. The predicted octanol–water partition coefficient (Wildman–Crippen LogP) is 1.57. The van der Waals surface area contributed by atoms with E-state index in [1.165, 1.54) is 12.2 Å². The number of aliphatic hydroxyl groups is 1. The lowest BCUT2D eigenvalue weighted by molar-refractivity contribution is -0.104. The number of hydrogen-bond donors (Lipinski definition) is 1. The van der Waals surface area contributed by atoms with E-state index in [9.17, 15) is 9.90 Å². The zero-order chi connectivity index (χ0) is 8.48. The normalized spacial score (nSPS) is 30.8. The Kier molecular flexibility index (Phi) is 2.37. The average Bonchev–Trinajstić information content (AvgIpc) is 1.86. The van der Waals surface area contributed by atoms with E-state index < -0.39 is 5.06 Å². The molecule has 11 heavy (non-hydrogen) atoms. The van der Waals surface area contributed by atoms with Crippen molar-refractivity contribution in [3.05, 3.63) is 22.8 Å². The van der Waals surface area contributed by atoms with Gasteiger partial charge in [-0.15, -0.1) is 0 Å². The van der Waals surface area contributed by atoms with E-state index in [1.807, 2.05) is 0 Å². The van der Waals surface area contributed by atoms with E-state index >= 15 is 0 Å². The van der Waals surface area contributed by atoms with Crippen molar-refractivity contribution in [1.82, 2.24) is 0 Å². The molecule has 1 aliphatic rings. The van der Waals surface area contributed by atoms with Crippen molar-refractivity contribution >= 4 is 29.5 Å². The molecule has 0 spiro atoms. The summed E-state index contributed by atoms with van der Waals surface area (Å²) in [7, 11) is 0. The number of hydrogen-bond acceptors (Lipinski definition) is 2. The largest absolute Gasteiger partial charge is 0.371 e. The molecule has 2 nitrogen and oxygen atoms in total. The van der Waals surface area contributed by atoms with Gasteiger partial charge in [-0.2, -0.15) is 0 Å². The zero-order valence-electron chi connectivity index (χ0n) is 5.55. The van der Waals surface area contributed by atoms with Crippen LogP contribution in [0.15, 0.2) is 22.8 Å². The minimum atomic E-state index is -1.43. The van der Waals surface area contributed by atoms with Crippen LogP contribution in [0.3, 0.4) is 0 Å². The molecule has 4 heteroatoms. The molecule has 0 saturated heterocycles. The molecule has 1 N–H and O–H groups in total. The van der Waals surface area contributed by atoms with Gasteiger partial charge in [0.2, 0.25) is 0 Å². The second-order valence-electron chi connectivity index (χ2n) is 2.31. The Hall–Kier alpha value is -0.310. The second kappa shape index (κ2) is 2.97. The van der Waals surface area contributed by atoms with Crippen molar-refractivity contribution in [2.75, 3.05) is 0 Å². The van der Waals surface area contributed by atoms with Crippen LogP contribution < -0.4 is 0 Å². The predicted molar refractivity (Wildman–Crippen MR) is 43.5 cm³/mol. The molecular weight excluding hydrogens is 187 g/mol. The fourth-order valence-corrected chi connectivity index (χ4v) is 1.37. The maximum Gasteiger partial charge on any atom is 0.162 e. The van der Waals surface area contributed by atoms with Crippen molar-refractivity contribution in [3.63, 3.8) is 0 Å². The molecule has 0 radical (unpaired) electrons. The maximum absolute atomic E-state index is 10.3. The monoisotopic (exact) mass is 192 g/mol. The van der Waals surface area contributed by atoms with Gasteiger partial charge in [0.1, 0.15) is 0 Å². The number of aldehydes is 1. The molecule has 1 aliphatic carbocycles. The van der Waals surface area contributed by atoms with Crippen molar-refractivity contribution in [1.29, 1.82) is 0 Å². The van der Waals surface area contributed by atoms with E-state index in [-0.39, 0.29) is 6.42 Å². The molecular formula is C7H6Cl2O2. The standard InChI is InChI=1S/C7H6Cl2O2/c8-6-3-7(9,11)2-1-5(6)4-10/h1-2,4,11H,3H2. The number of rotatable bonds is 1. The summed E-state index contributed by atoms with van der Waals surface area (Å²) in [5, 5.41) is 8.07. The van der Waals surface area contributed by atoms with Crippen molar-refractivity contribution in [2.24, 2.45) is 0 Å². The van der Waals surface area contributed by atoms with Crippen LogP contribution in [0.25, 0.3) is 0 Å². The van der Waals surface area contributed by atoms with Crippen LogP contribution in [0.1, 0.15) is 6.42 Å². The van der Waals surface area contributed by atoms with Crippen molar-refractivity contribution in [3.8, 4) is 0 Å². The van der Waals surface area contributed by atoms with Gasteiger partial charge in [-0.05, 0) is 6.08 Å². The number of alkyl halides is 1. The number of allylic oxidation sites excluding steroid dienone is 2. The number of halogens is 2. The Labute approximate surface area is 74.1 Å². The van der Waals surface area contributed by atoms with Gasteiger partial charge >= 0.3 is 0 Å². The summed E-state index contributed by atoms with van der Waals surface area (Å²) in [6.07, 6.45) is 3.46. The van der Waals surface area contributed by atoms with Crippen LogP contribution in [0.4, 0.5) is 0 Å². The Morgan fingerprint density at radius 3 is 2.82 bits per heavy atom. The molecule has 0 aliphatic heterocycles. The topological polar surface area (TPSA) is 37.3 Å². The van der Waals surface area contributed by atoms with Gasteiger partial charge in [-0.25, -0.2) is 0 Å². The molecule has 0 bridgehead atoms. The van der Waals surface area contributed by atoms with E-state index in [0.29, 0.717) is 16.9 Å². The Morgan fingerprint density at radius 2 is 2.36 bits per heavy atom. The highest BCUT2D eigenvalue weighted by molar-refractivity contribution is 6.33. The lowest BCUT2D eigenvalue weighted by Gasteiger charge is -2.19. The molecule has 60 valence electrons. The molecule has 1 rings (SSSR count). The van der Waals surface area contributed by atoms with E-state index in [4.69, 9.17) is 23.2 Å². The first kappa shape index (κ1) is 8.78. The summed E-state index contributed by atoms with van der Waals surface area (Å²) in [6.45, 7) is 0. The van der Waals surface area contributed by atoms with Crippen LogP contribution in [0.2, 0.25) is 0 Å². The zero-order valence-corrected chi connectivity index (χ0v) is 7.06. The first-order valence-electron chi connectivity index (χ1n) is 2.99. The van der Waals surface area contributed by atoms with Gasteiger partial charge in [-0.1, -0.05) is 29.3 Å². The van der Waals surface area contributed by atoms with Gasteiger partial charge in [0.25, 0.3) is 0 Å². The van der Waals surface area contributed by atoms with Crippen LogP contribution in [-0.2, 0) is 4.79 Å². The molecule has 0 aromatic rings. The van der Waals surface area contributed by atoms with Gasteiger partial charge in [-0.3, -0.25) is 4.79 Å². The van der Waals surface area contributed by atoms with Gasteiger partial charge < -0.3 is 5.11 Å².